The fraction of sp³-hybridized carbons (Fsp3) is 0.0455. The third kappa shape index (κ3) is 4.13. The summed E-state index contributed by atoms with van der Waals surface area (Å²) >= 11 is 1.70. The number of aromatic amines is 1. The topological polar surface area (TPSA) is 74.8 Å². The summed E-state index contributed by atoms with van der Waals surface area (Å²) in [5, 5.41) is 4.12. The van der Waals surface area contributed by atoms with Crippen LogP contribution in [0.4, 0.5) is 5.69 Å². The van der Waals surface area contributed by atoms with Crippen molar-refractivity contribution in [1.29, 1.82) is 0 Å². The Morgan fingerprint density at radius 2 is 1.86 bits per heavy atom. The number of H-pyrrole nitrogens is 1. The van der Waals surface area contributed by atoms with Crippen LogP contribution in [0.15, 0.2) is 88.8 Å². The maximum absolute atomic E-state index is 12.5. The van der Waals surface area contributed by atoms with Gasteiger partial charge in [0, 0.05) is 34.1 Å². The number of amides is 1. The molecule has 1 amide bonds. The summed E-state index contributed by atoms with van der Waals surface area (Å²) in [6, 6.07) is 20.4. The number of carbonyl (C=O) groups excluding carboxylic acids is 1. The Kier molecular flexibility index (Phi) is 5.21. The van der Waals surface area contributed by atoms with E-state index in [1.165, 1.54) is 0 Å². The number of carbonyl (C=O) groups is 1. The second-order valence-corrected chi connectivity index (χ2v) is 7.28. The number of hydrogen-bond donors (Lipinski definition) is 2. The van der Waals surface area contributed by atoms with Gasteiger partial charge in [-0.15, -0.1) is 11.8 Å². The smallest absolute Gasteiger partial charge is 0.272 e. The molecule has 0 aliphatic carbocycles. The van der Waals surface area contributed by atoms with Crippen molar-refractivity contribution in [3.05, 3.63) is 101 Å². The van der Waals surface area contributed by atoms with Crippen LogP contribution >= 0.6 is 11.8 Å². The van der Waals surface area contributed by atoms with E-state index in [9.17, 15) is 9.59 Å². The second-order valence-electron chi connectivity index (χ2n) is 6.23. The van der Waals surface area contributed by atoms with Crippen molar-refractivity contribution in [2.75, 3.05) is 5.32 Å². The minimum absolute atomic E-state index is 0.235. The minimum Gasteiger partial charge on any atom is -0.321 e. The summed E-state index contributed by atoms with van der Waals surface area (Å²) in [7, 11) is 0. The van der Waals surface area contributed by atoms with E-state index in [0.29, 0.717) is 11.1 Å². The molecule has 0 unspecified atom stereocenters. The summed E-state index contributed by atoms with van der Waals surface area (Å²) in [6.45, 7) is 0. The van der Waals surface area contributed by atoms with Gasteiger partial charge in [-0.3, -0.25) is 14.6 Å². The predicted octanol–water partition coefficient (Wildman–Crippen LogP) is 4.47. The number of aromatic nitrogens is 2. The van der Waals surface area contributed by atoms with Crippen molar-refractivity contribution < 1.29 is 4.79 Å². The quantitative estimate of drug-likeness (QED) is 0.496. The zero-order valence-electron chi connectivity index (χ0n) is 14.9. The number of rotatable bonds is 5. The third-order valence-corrected chi connectivity index (χ3v) is 5.32. The SMILES string of the molecule is O=C(Nc1ccc(SCc2cccnc2)cc1)c1cc2ccccc2c(=O)[nH]1. The first-order valence-corrected chi connectivity index (χ1v) is 9.73. The molecule has 0 bridgehead atoms. The van der Waals surface area contributed by atoms with Crippen molar-refractivity contribution in [1.82, 2.24) is 9.97 Å². The van der Waals surface area contributed by atoms with E-state index >= 15 is 0 Å². The van der Waals surface area contributed by atoms with Crippen molar-refractivity contribution in [2.45, 2.75) is 10.6 Å². The number of hydrogen-bond acceptors (Lipinski definition) is 4. The summed E-state index contributed by atoms with van der Waals surface area (Å²) < 4.78 is 0. The van der Waals surface area contributed by atoms with Crippen LogP contribution in [-0.4, -0.2) is 15.9 Å². The molecule has 0 fully saturated rings. The first-order chi connectivity index (χ1) is 13.7. The Balaban J connectivity index is 1.44. The normalized spacial score (nSPS) is 10.7. The fourth-order valence-electron chi connectivity index (χ4n) is 2.82. The third-order valence-electron chi connectivity index (χ3n) is 4.24. The summed E-state index contributed by atoms with van der Waals surface area (Å²) in [5.41, 5.74) is 1.79. The van der Waals surface area contributed by atoms with Crippen LogP contribution in [0.25, 0.3) is 10.8 Å². The maximum atomic E-state index is 12.5. The van der Waals surface area contributed by atoms with Crippen molar-refractivity contribution in [2.24, 2.45) is 0 Å². The molecule has 0 spiro atoms. The number of pyridine rings is 2. The average molecular weight is 387 g/mol. The van der Waals surface area contributed by atoms with Crippen LogP contribution in [0.5, 0.6) is 0 Å². The molecule has 2 heterocycles. The Bertz CT molecular complexity index is 1170. The Labute approximate surface area is 165 Å². The molecule has 5 nitrogen and oxygen atoms in total. The van der Waals surface area contributed by atoms with Crippen LogP contribution < -0.4 is 10.9 Å². The molecule has 2 aromatic heterocycles. The lowest BCUT2D eigenvalue weighted by Crippen LogP contribution is -2.18. The van der Waals surface area contributed by atoms with E-state index < -0.39 is 0 Å². The van der Waals surface area contributed by atoms with Gasteiger partial charge in [-0.05, 0) is 53.4 Å². The molecule has 0 saturated heterocycles. The lowest BCUT2D eigenvalue weighted by Gasteiger charge is -2.07. The Morgan fingerprint density at radius 3 is 2.64 bits per heavy atom. The number of benzene rings is 2. The van der Waals surface area contributed by atoms with Crippen LogP contribution in [-0.2, 0) is 5.75 Å². The highest BCUT2D eigenvalue weighted by Gasteiger charge is 2.10. The summed E-state index contributed by atoms with van der Waals surface area (Å²) in [5.74, 6) is 0.483. The molecular weight excluding hydrogens is 370 g/mol. The molecule has 4 aromatic rings. The van der Waals surface area contributed by atoms with Gasteiger partial charge < -0.3 is 10.3 Å². The molecule has 28 heavy (non-hydrogen) atoms. The predicted molar refractivity (Wildman–Crippen MR) is 113 cm³/mol. The zero-order valence-corrected chi connectivity index (χ0v) is 15.7. The molecule has 0 radical (unpaired) electrons. The zero-order chi connectivity index (χ0) is 19.3. The molecule has 138 valence electrons. The lowest BCUT2D eigenvalue weighted by molar-refractivity contribution is 0.102. The van der Waals surface area contributed by atoms with Gasteiger partial charge in [0.05, 0.1) is 0 Å². The number of thioether (sulfide) groups is 1. The van der Waals surface area contributed by atoms with Crippen LogP contribution in [0.2, 0.25) is 0 Å². The summed E-state index contributed by atoms with van der Waals surface area (Å²) in [6.07, 6.45) is 3.61. The average Bonchev–Trinajstić information content (AvgIpc) is 2.74. The molecule has 2 aromatic carbocycles. The van der Waals surface area contributed by atoms with Crippen molar-refractivity contribution >= 4 is 34.1 Å². The Hall–Kier alpha value is -3.38. The first kappa shape index (κ1) is 18.0. The van der Waals surface area contributed by atoms with Crippen LogP contribution in [0.3, 0.4) is 0 Å². The molecule has 0 aliphatic rings. The summed E-state index contributed by atoms with van der Waals surface area (Å²) in [4.78, 5) is 32.5. The first-order valence-electron chi connectivity index (χ1n) is 8.74. The number of fused-ring (bicyclic) bond motifs is 1. The molecule has 6 heteroatoms. The van der Waals surface area contributed by atoms with Crippen LogP contribution in [0.1, 0.15) is 16.1 Å². The number of nitrogens with one attached hydrogen (secondary N) is 2. The minimum atomic E-state index is -0.349. The van der Waals surface area contributed by atoms with Gasteiger partial charge in [0.15, 0.2) is 0 Å². The number of anilines is 1. The number of nitrogens with zero attached hydrogens (tertiary/aromatic N) is 1. The van der Waals surface area contributed by atoms with E-state index in [4.69, 9.17) is 0 Å². The maximum Gasteiger partial charge on any atom is 0.272 e. The van der Waals surface area contributed by atoms with E-state index in [-0.39, 0.29) is 17.2 Å². The standard InChI is InChI=1S/C22H17N3O2S/c26-21-19-6-2-1-5-16(19)12-20(25-21)22(27)24-17-7-9-18(10-8-17)28-14-15-4-3-11-23-13-15/h1-13H,14H2,(H,24,27)(H,25,26). The van der Waals surface area contributed by atoms with E-state index in [1.807, 2.05) is 54.7 Å². The largest absolute Gasteiger partial charge is 0.321 e. The molecular formula is C22H17N3O2S. The van der Waals surface area contributed by atoms with Crippen molar-refractivity contribution in [3.63, 3.8) is 0 Å². The van der Waals surface area contributed by atoms with E-state index in [2.05, 4.69) is 15.3 Å². The van der Waals surface area contributed by atoms with Gasteiger partial charge >= 0.3 is 0 Å². The fourth-order valence-corrected chi connectivity index (χ4v) is 3.65. The van der Waals surface area contributed by atoms with Gasteiger partial charge in [-0.25, -0.2) is 0 Å². The van der Waals surface area contributed by atoms with Crippen molar-refractivity contribution in [3.8, 4) is 0 Å². The van der Waals surface area contributed by atoms with Gasteiger partial charge in [0.1, 0.15) is 5.69 Å². The molecule has 0 aliphatic heterocycles. The van der Waals surface area contributed by atoms with E-state index in [1.54, 1.807) is 36.2 Å². The molecule has 0 atom stereocenters. The highest BCUT2D eigenvalue weighted by Crippen LogP contribution is 2.24. The highest BCUT2D eigenvalue weighted by molar-refractivity contribution is 7.98. The molecule has 0 saturated carbocycles. The Morgan fingerprint density at radius 1 is 1.04 bits per heavy atom. The van der Waals surface area contributed by atoms with Crippen LogP contribution in [0, 0.1) is 0 Å². The van der Waals surface area contributed by atoms with Gasteiger partial charge in [-0.1, -0.05) is 24.3 Å². The second kappa shape index (κ2) is 8.10. The lowest BCUT2D eigenvalue weighted by atomic mass is 10.1. The van der Waals surface area contributed by atoms with Gasteiger partial charge in [0.25, 0.3) is 11.5 Å². The monoisotopic (exact) mass is 387 g/mol. The molecule has 4 rings (SSSR count). The van der Waals surface area contributed by atoms with Gasteiger partial charge in [0.2, 0.25) is 0 Å². The van der Waals surface area contributed by atoms with Gasteiger partial charge in [-0.2, -0.15) is 0 Å². The molecule has 2 N–H and O–H groups in total. The highest BCUT2D eigenvalue weighted by atomic mass is 32.2. The van der Waals surface area contributed by atoms with E-state index in [0.717, 1.165) is 21.6 Å².